The third kappa shape index (κ3) is 4.21. The summed E-state index contributed by atoms with van der Waals surface area (Å²) in [6.45, 7) is 8.02. The van der Waals surface area contributed by atoms with Crippen molar-refractivity contribution in [2.75, 3.05) is 13.1 Å². The van der Waals surface area contributed by atoms with Crippen LogP contribution in [0.3, 0.4) is 0 Å². The summed E-state index contributed by atoms with van der Waals surface area (Å²) in [6.07, 6.45) is 1.45. The maximum atomic E-state index is 12.2. The van der Waals surface area contributed by atoms with Crippen molar-refractivity contribution in [3.63, 3.8) is 0 Å². The van der Waals surface area contributed by atoms with E-state index >= 15 is 0 Å². The van der Waals surface area contributed by atoms with Gasteiger partial charge in [-0.25, -0.2) is 0 Å². The molecule has 1 unspecified atom stereocenters. The zero-order chi connectivity index (χ0) is 15.5. The van der Waals surface area contributed by atoms with Gasteiger partial charge in [0.2, 0.25) is 11.8 Å². The number of carbonyl (C=O) groups is 3. The summed E-state index contributed by atoms with van der Waals surface area (Å²) in [5.74, 6) is -1.64. The molecule has 2 atom stereocenters. The molecule has 1 saturated heterocycles. The van der Waals surface area contributed by atoms with Crippen molar-refractivity contribution in [3.8, 4) is 0 Å². The molecule has 0 saturated carbocycles. The first kappa shape index (κ1) is 16.5. The molecule has 2 amide bonds. The summed E-state index contributed by atoms with van der Waals surface area (Å²) >= 11 is 0. The number of aliphatic carboxylic acids is 1. The molecule has 114 valence electrons. The lowest BCUT2D eigenvalue weighted by molar-refractivity contribution is -0.145. The van der Waals surface area contributed by atoms with E-state index in [4.69, 9.17) is 5.11 Å². The lowest BCUT2D eigenvalue weighted by Gasteiger charge is -2.36. The smallest absolute Gasteiger partial charge is 0.325 e. The Morgan fingerprint density at radius 3 is 2.40 bits per heavy atom. The number of carboxylic acids is 1. The van der Waals surface area contributed by atoms with Gasteiger partial charge in [0.1, 0.15) is 6.04 Å². The van der Waals surface area contributed by atoms with Gasteiger partial charge in [0.05, 0.1) is 5.92 Å². The van der Waals surface area contributed by atoms with Crippen molar-refractivity contribution in [1.82, 2.24) is 10.2 Å². The van der Waals surface area contributed by atoms with Gasteiger partial charge in [0.25, 0.3) is 0 Å². The number of nitrogens with one attached hydrogen (secondary N) is 1. The molecular formula is C14H24N2O4. The molecule has 1 aliphatic rings. The zero-order valence-corrected chi connectivity index (χ0v) is 12.6. The highest BCUT2D eigenvalue weighted by Gasteiger charge is 2.33. The fourth-order valence-corrected chi connectivity index (χ4v) is 2.24. The molecule has 0 bridgehead atoms. The van der Waals surface area contributed by atoms with Crippen molar-refractivity contribution in [2.45, 2.75) is 46.6 Å². The lowest BCUT2D eigenvalue weighted by atomic mass is 9.91. The van der Waals surface area contributed by atoms with E-state index in [0.29, 0.717) is 19.5 Å². The van der Waals surface area contributed by atoms with Crippen LogP contribution in [-0.2, 0) is 14.4 Å². The highest BCUT2D eigenvalue weighted by atomic mass is 16.4. The standard InChI is InChI=1S/C14H24N2O4/c1-9(12(18)19)15-11(17)10-6-5-7-16(8-10)13(20)14(2,3)4/h9-10H,5-8H2,1-4H3,(H,15,17)(H,18,19)/t9-,10?/m0/s1. The third-order valence-corrected chi connectivity index (χ3v) is 3.45. The summed E-state index contributed by atoms with van der Waals surface area (Å²) < 4.78 is 0. The van der Waals surface area contributed by atoms with Crippen LogP contribution < -0.4 is 5.32 Å². The van der Waals surface area contributed by atoms with Crippen LogP contribution in [0.25, 0.3) is 0 Å². The monoisotopic (exact) mass is 284 g/mol. The van der Waals surface area contributed by atoms with Crippen LogP contribution in [0.5, 0.6) is 0 Å². The topological polar surface area (TPSA) is 86.7 Å². The van der Waals surface area contributed by atoms with Gasteiger partial charge in [-0.3, -0.25) is 14.4 Å². The van der Waals surface area contributed by atoms with Crippen molar-refractivity contribution >= 4 is 17.8 Å². The molecule has 20 heavy (non-hydrogen) atoms. The average Bonchev–Trinajstić information content (AvgIpc) is 2.36. The molecule has 0 aliphatic carbocycles. The number of carboxylic acid groups (broad SMARTS) is 1. The maximum Gasteiger partial charge on any atom is 0.325 e. The number of likely N-dealkylation sites (tertiary alicyclic amines) is 1. The van der Waals surface area contributed by atoms with E-state index in [-0.39, 0.29) is 17.7 Å². The molecule has 1 rings (SSSR count). The number of hydrogen-bond acceptors (Lipinski definition) is 3. The van der Waals surface area contributed by atoms with E-state index in [1.165, 1.54) is 6.92 Å². The molecule has 0 aromatic heterocycles. The van der Waals surface area contributed by atoms with Crippen LogP contribution >= 0.6 is 0 Å². The minimum atomic E-state index is -1.06. The quantitative estimate of drug-likeness (QED) is 0.804. The van der Waals surface area contributed by atoms with Gasteiger partial charge < -0.3 is 15.3 Å². The second kappa shape index (κ2) is 6.24. The number of rotatable bonds is 3. The fourth-order valence-electron chi connectivity index (χ4n) is 2.24. The summed E-state index contributed by atoms with van der Waals surface area (Å²) in [7, 11) is 0. The molecule has 0 aromatic carbocycles. The molecule has 0 aromatic rings. The maximum absolute atomic E-state index is 12.2. The Balaban J connectivity index is 2.63. The van der Waals surface area contributed by atoms with Crippen LogP contribution in [0.15, 0.2) is 0 Å². The first-order valence-corrected chi connectivity index (χ1v) is 6.95. The van der Waals surface area contributed by atoms with E-state index < -0.39 is 17.4 Å². The highest BCUT2D eigenvalue weighted by molar-refractivity contribution is 5.86. The molecule has 1 heterocycles. The van der Waals surface area contributed by atoms with Crippen molar-refractivity contribution in [2.24, 2.45) is 11.3 Å². The molecule has 6 nitrogen and oxygen atoms in total. The summed E-state index contributed by atoms with van der Waals surface area (Å²) in [5, 5.41) is 11.3. The van der Waals surface area contributed by atoms with Crippen LogP contribution in [0.2, 0.25) is 0 Å². The second-order valence-corrected chi connectivity index (χ2v) is 6.41. The summed E-state index contributed by atoms with van der Waals surface area (Å²) in [5.41, 5.74) is -0.466. The molecule has 0 radical (unpaired) electrons. The van der Waals surface area contributed by atoms with Crippen LogP contribution in [0.4, 0.5) is 0 Å². The van der Waals surface area contributed by atoms with E-state index in [1.807, 2.05) is 20.8 Å². The minimum Gasteiger partial charge on any atom is -0.480 e. The molecule has 1 fully saturated rings. The number of nitrogens with zero attached hydrogens (tertiary/aromatic N) is 1. The van der Waals surface area contributed by atoms with Gasteiger partial charge >= 0.3 is 5.97 Å². The lowest BCUT2D eigenvalue weighted by Crippen LogP contribution is -2.50. The normalized spacial score (nSPS) is 21.2. The van der Waals surface area contributed by atoms with Gasteiger partial charge in [-0.15, -0.1) is 0 Å². The first-order chi connectivity index (χ1) is 9.12. The zero-order valence-electron chi connectivity index (χ0n) is 12.6. The SMILES string of the molecule is C[C@H](NC(=O)C1CCCN(C(=O)C(C)(C)C)C1)C(=O)O. The van der Waals surface area contributed by atoms with Gasteiger partial charge in [-0.1, -0.05) is 20.8 Å². The minimum absolute atomic E-state index is 0.0290. The Bertz CT molecular complexity index is 400. The van der Waals surface area contributed by atoms with Crippen molar-refractivity contribution in [3.05, 3.63) is 0 Å². The average molecular weight is 284 g/mol. The van der Waals surface area contributed by atoms with Gasteiger partial charge in [-0.05, 0) is 19.8 Å². The van der Waals surface area contributed by atoms with Crippen LogP contribution in [0.1, 0.15) is 40.5 Å². The second-order valence-electron chi connectivity index (χ2n) is 6.41. The first-order valence-electron chi connectivity index (χ1n) is 6.95. The molecular weight excluding hydrogens is 260 g/mol. The van der Waals surface area contributed by atoms with Gasteiger partial charge in [0.15, 0.2) is 0 Å². The molecule has 2 N–H and O–H groups in total. The summed E-state index contributed by atoms with van der Waals surface area (Å²) in [6, 6.07) is -0.906. The number of amides is 2. The van der Waals surface area contributed by atoms with Crippen molar-refractivity contribution in [1.29, 1.82) is 0 Å². The van der Waals surface area contributed by atoms with Crippen molar-refractivity contribution < 1.29 is 19.5 Å². The largest absolute Gasteiger partial charge is 0.480 e. The molecule has 0 spiro atoms. The Kier molecular flexibility index (Phi) is 5.14. The molecule has 1 aliphatic heterocycles. The highest BCUT2D eigenvalue weighted by Crippen LogP contribution is 2.23. The van der Waals surface area contributed by atoms with Gasteiger partial charge in [0, 0.05) is 18.5 Å². The Labute approximate surface area is 119 Å². The Morgan fingerprint density at radius 1 is 1.30 bits per heavy atom. The summed E-state index contributed by atoms with van der Waals surface area (Å²) in [4.78, 5) is 36.7. The fraction of sp³-hybridized carbons (Fsp3) is 0.786. The number of piperidine rings is 1. The van der Waals surface area contributed by atoms with E-state index in [0.717, 1.165) is 6.42 Å². The van der Waals surface area contributed by atoms with E-state index in [2.05, 4.69) is 5.32 Å². The number of carbonyl (C=O) groups excluding carboxylic acids is 2. The molecule has 6 heteroatoms. The van der Waals surface area contributed by atoms with E-state index in [1.54, 1.807) is 4.90 Å². The third-order valence-electron chi connectivity index (χ3n) is 3.45. The Morgan fingerprint density at radius 2 is 1.90 bits per heavy atom. The number of hydrogen-bond donors (Lipinski definition) is 2. The van der Waals surface area contributed by atoms with Gasteiger partial charge in [-0.2, -0.15) is 0 Å². The van der Waals surface area contributed by atoms with E-state index in [9.17, 15) is 14.4 Å². The Hall–Kier alpha value is -1.59. The van der Waals surface area contributed by atoms with Crippen LogP contribution in [0, 0.1) is 11.3 Å². The van der Waals surface area contributed by atoms with Crippen LogP contribution in [-0.4, -0.2) is 46.9 Å². The predicted molar refractivity (Wildman–Crippen MR) is 74.0 cm³/mol. The predicted octanol–water partition coefficient (Wildman–Crippen LogP) is 0.860.